The first-order valence-corrected chi connectivity index (χ1v) is 14.8. The van der Waals surface area contributed by atoms with E-state index in [0.717, 1.165) is 33.6 Å². The SMILES string of the molecule is c1ccc(-c2cc(-c3ccccn3)cc(-c3ccc4ccc5ccc(-c6cccc7ncccc67)c6ccc3c4c56)c2)nc1. The fourth-order valence-corrected chi connectivity index (χ4v) is 6.77. The highest BCUT2D eigenvalue weighted by molar-refractivity contribution is 6.28. The zero-order valence-corrected chi connectivity index (χ0v) is 23.8. The molecule has 204 valence electrons. The van der Waals surface area contributed by atoms with Crippen molar-refractivity contribution in [3.8, 4) is 44.8 Å². The summed E-state index contributed by atoms with van der Waals surface area (Å²) in [5.74, 6) is 0. The second kappa shape index (κ2) is 9.82. The van der Waals surface area contributed by atoms with Crippen molar-refractivity contribution in [2.75, 3.05) is 0 Å². The lowest BCUT2D eigenvalue weighted by Gasteiger charge is -2.18. The molecule has 9 rings (SSSR count). The minimum atomic E-state index is 0.943. The van der Waals surface area contributed by atoms with Crippen LogP contribution in [0, 0.1) is 0 Å². The van der Waals surface area contributed by atoms with Gasteiger partial charge in [0.1, 0.15) is 0 Å². The molecule has 3 aromatic heterocycles. The van der Waals surface area contributed by atoms with E-state index in [2.05, 4.69) is 118 Å². The maximum Gasteiger partial charge on any atom is 0.0708 e. The van der Waals surface area contributed by atoms with E-state index in [-0.39, 0.29) is 0 Å². The van der Waals surface area contributed by atoms with Crippen molar-refractivity contribution in [2.45, 2.75) is 0 Å². The van der Waals surface area contributed by atoms with Gasteiger partial charge < -0.3 is 0 Å². The zero-order valence-electron chi connectivity index (χ0n) is 23.8. The Labute approximate surface area is 254 Å². The van der Waals surface area contributed by atoms with E-state index in [9.17, 15) is 0 Å². The molecule has 0 radical (unpaired) electrons. The summed E-state index contributed by atoms with van der Waals surface area (Å²) in [6.07, 6.45) is 5.56. The standard InChI is InChI=1S/C41H25N3/c1-3-20-42-37(9-1)29-23-28(24-30(25-29)38-10-2-4-21-43-38)31-16-14-26-12-13-27-15-17-33(36-19-18-35(31)40(26)41(27)36)32-7-5-11-39-34(32)8-6-22-44-39/h1-25H. The quantitative estimate of drug-likeness (QED) is 0.201. The predicted octanol–water partition coefficient (Wildman–Crippen LogP) is 10.6. The first-order chi connectivity index (χ1) is 21.8. The number of fused-ring (bicyclic) bond motifs is 1. The fourth-order valence-electron chi connectivity index (χ4n) is 6.77. The molecule has 0 aliphatic heterocycles. The molecule has 0 saturated heterocycles. The van der Waals surface area contributed by atoms with Gasteiger partial charge >= 0.3 is 0 Å². The summed E-state index contributed by atoms with van der Waals surface area (Å²) < 4.78 is 0. The van der Waals surface area contributed by atoms with Crippen LogP contribution in [0.2, 0.25) is 0 Å². The van der Waals surface area contributed by atoms with Gasteiger partial charge in [-0.25, -0.2) is 0 Å². The Morgan fingerprint density at radius 2 is 0.909 bits per heavy atom. The number of hydrogen-bond acceptors (Lipinski definition) is 3. The monoisotopic (exact) mass is 559 g/mol. The smallest absolute Gasteiger partial charge is 0.0708 e. The zero-order chi connectivity index (χ0) is 29.0. The van der Waals surface area contributed by atoms with Crippen molar-refractivity contribution in [3.63, 3.8) is 0 Å². The molecule has 0 saturated carbocycles. The van der Waals surface area contributed by atoms with E-state index in [4.69, 9.17) is 0 Å². The van der Waals surface area contributed by atoms with Crippen LogP contribution in [0.15, 0.2) is 152 Å². The van der Waals surface area contributed by atoms with Crippen molar-refractivity contribution >= 4 is 43.2 Å². The molecule has 9 aromatic rings. The van der Waals surface area contributed by atoms with Crippen LogP contribution in [-0.4, -0.2) is 15.0 Å². The summed E-state index contributed by atoms with van der Waals surface area (Å²) in [6.45, 7) is 0. The third kappa shape index (κ3) is 3.87. The lowest BCUT2D eigenvalue weighted by molar-refractivity contribution is 1.31. The van der Waals surface area contributed by atoms with Gasteiger partial charge in [-0.15, -0.1) is 0 Å². The fraction of sp³-hybridized carbons (Fsp3) is 0. The minimum absolute atomic E-state index is 0.943. The lowest BCUT2D eigenvalue weighted by Crippen LogP contribution is -1.92. The molecule has 3 heteroatoms. The second-order valence-electron chi connectivity index (χ2n) is 11.3. The molecule has 0 atom stereocenters. The van der Waals surface area contributed by atoms with Gasteiger partial charge in [0.2, 0.25) is 0 Å². The Bertz CT molecular complexity index is 2420. The van der Waals surface area contributed by atoms with Crippen molar-refractivity contribution in [1.29, 1.82) is 0 Å². The van der Waals surface area contributed by atoms with E-state index < -0.39 is 0 Å². The molecule has 0 bridgehead atoms. The summed E-state index contributed by atoms with van der Waals surface area (Å²) in [7, 11) is 0. The number of nitrogens with zero attached hydrogens (tertiary/aromatic N) is 3. The third-order valence-corrected chi connectivity index (χ3v) is 8.77. The molecule has 0 aliphatic carbocycles. The van der Waals surface area contributed by atoms with E-state index in [1.54, 1.807) is 0 Å². The molecule has 0 N–H and O–H groups in total. The maximum absolute atomic E-state index is 4.68. The number of aromatic nitrogens is 3. The molecule has 44 heavy (non-hydrogen) atoms. The number of benzene rings is 6. The average Bonchev–Trinajstić information content (AvgIpc) is 3.11. The van der Waals surface area contributed by atoms with Crippen LogP contribution in [0.5, 0.6) is 0 Å². The molecule has 0 unspecified atom stereocenters. The summed E-state index contributed by atoms with van der Waals surface area (Å²) in [5, 5.41) is 8.73. The highest BCUT2D eigenvalue weighted by Gasteiger charge is 2.17. The third-order valence-electron chi connectivity index (χ3n) is 8.77. The summed E-state index contributed by atoms with van der Waals surface area (Å²) in [4.78, 5) is 14.0. The van der Waals surface area contributed by atoms with Crippen LogP contribution >= 0.6 is 0 Å². The molecule has 0 aliphatic rings. The Morgan fingerprint density at radius 3 is 1.57 bits per heavy atom. The molecule has 6 aromatic carbocycles. The largest absolute Gasteiger partial charge is 0.256 e. The van der Waals surface area contributed by atoms with Gasteiger partial charge in [0.25, 0.3) is 0 Å². The summed E-state index contributed by atoms with van der Waals surface area (Å²) in [6, 6.07) is 47.6. The van der Waals surface area contributed by atoms with Gasteiger partial charge in [0.05, 0.1) is 16.9 Å². The highest BCUT2D eigenvalue weighted by atomic mass is 14.7. The number of hydrogen-bond donors (Lipinski definition) is 0. The van der Waals surface area contributed by atoms with Crippen molar-refractivity contribution in [3.05, 3.63) is 152 Å². The Balaban J connectivity index is 1.32. The van der Waals surface area contributed by atoms with Crippen molar-refractivity contribution in [1.82, 2.24) is 15.0 Å². The Hall–Kier alpha value is -5.93. The summed E-state index contributed by atoms with van der Waals surface area (Å²) >= 11 is 0. The number of pyridine rings is 3. The van der Waals surface area contributed by atoms with Crippen molar-refractivity contribution < 1.29 is 0 Å². The molecule has 3 heterocycles. The van der Waals surface area contributed by atoms with Crippen LogP contribution in [0.4, 0.5) is 0 Å². The van der Waals surface area contributed by atoms with E-state index >= 15 is 0 Å². The molecule has 0 spiro atoms. The molecule has 0 fully saturated rings. The molecular weight excluding hydrogens is 534 g/mol. The van der Waals surface area contributed by atoms with Gasteiger partial charge in [0.15, 0.2) is 0 Å². The van der Waals surface area contributed by atoms with E-state index in [1.807, 2.05) is 48.9 Å². The predicted molar refractivity (Wildman–Crippen MR) is 183 cm³/mol. The lowest BCUT2D eigenvalue weighted by atomic mass is 9.86. The van der Waals surface area contributed by atoms with Crippen LogP contribution in [0.3, 0.4) is 0 Å². The van der Waals surface area contributed by atoms with Gasteiger partial charge in [-0.1, -0.05) is 78.9 Å². The van der Waals surface area contributed by atoms with Gasteiger partial charge in [-0.2, -0.15) is 0 Å². The average molecular weight is 560 g/mol. The Kier molecular flexibility index (Phi) is 5.50. The molecule has 0 amide bonds. The maximum atomic E-state index is 4.68. The highest BCUT2D eigenvalue weighted by Crippen LogP contribution is 2.44. The first kappa shape index (κ1) is 24.6. The second-order valence-corrected chi connectivity index (χ2v) is 11.3. The molecular formula is C41H25N3. The number of rotatable bonds is 4. The first-order valence-electron chi connectivity index (χ1n) is 14.8. The van der Waals surface area contributed by atoms with Crippen LogP contribution in [0.1, 0.15) is 0 Å². The minimum Gasteiger partial charge on any atom is -0.256 e. The van der Waals surface area contributed by atoms with Crippen LogP contribution in [0.25, 0.3) is 88.0 Å². The van der Waals surface area contributed by atoms with Gasteiger partial charge in [-0.3, -0.25) is 15.0 Å². The normalized spacial score (nSPS) is 11.6. The van der Waals surface area contributed by atoms with Crippen LogP contribution < -0.4 is 0 Å². The van der Waals surface area contributed by atoms with Crippen LogP contribution in [-0.2, 0) is 0 Å². The van der Waals surface area contributed by atoms with Crippen molar-refractivity contribution in [2.24, 2.45) is 0 Å². The van der Waals surface area contributed by atoms with Gasteiger partial charge in [0, 0.05) is 35.1 Å². The van der Waals surface area contributed by atoms with E-state index in [1.165, 1.54) is 54.4 Å². The topological polar surface area (TPSA) is 38.7 Å². The molecule has 3 nitrogen and oxygen atoms in total. The van der Waals surface area contributed by atoms with E-state index in [0.29, 0.717) is 0 Å². The van der Waals surface area contributed by atoms with Gasteiger partial charge in [-0.05, 0) is 109 Å². The Morgan fingerprint density at radius 1 is 0.341 bits per heavy atom. The summed E-state index contributed by atoms with van der Waals surface area (Å²) in [5.41, 5.74) is 9.81.